The molecule has 1 aromatic rings. The number of hydrogen-bond donors (Lipinski definition) is 1. The third-order valence-corrected chi connectivity index (χ3v) is 2.23. The SMILES string of the molecule is O=C(O)c1cc(I)nc(OC(F)(F)F)c1C(F)(F)F. The molecular formula is C8H2F6INO3. The number of carbonyl (C=O) groups is 1. The fraction of sp³-hybridized carbons (Fsp3) is 0.250. The maximum Gasteiger partial charge on any atom is 0.574 e. The summed E-state index contributed by atoms with van der Waals surface area (Å²) in [5.41, 5.74) is -3.45. The Balaban J connectivity index is 3.56. The molecule has 4 nitrogen and oxygen atoms in total. The largest absolute Gasteiger partial charge is 0.574 e. The van der Waals surface area contributed by atoms with Gasteiger partial charge >= 0.3 is 18.5 Å². The molecule has 0 saturated carbocycles. The Morgan fingerprint density at radius 3 is 2.16 bits per heavy atom. The van der Waals surface area contributed by atoms with Gasteiger partial charge in [0.1, 0.15) is 9.26 Å². The zero-order chi connectivity index (χ0) is 15.0. The Bertz CT molecular complexity index is 512. The molecule has 0 radical (unpaired) electrons. The van der Waals surface area contributed by atoms with Gasteiger partial charge in [0.15, 0.2) is 0 Å². The van der Waals surface area contributed by atoms with Gasteiger partial charge in [-0.05, 0) is 28.7 Å². The van der Waals surface area contributed by atoms with Crippen molar-refractivity contribution in [2.45, 2.75) is 12.5 Å². The van der Waals surface area contributed by atoms with E-state index in [2.05, 4.69) is 9.72 Å². The lowest BCUT2D eigenvalue weighted by Gasteiger charge is -2.16. The number of carboxylic acids is 1. The average molecular weight is 401 g/mol. The van der Waals surface area contributed by atoms with Crippen LogP contribution in [-0.4, -0.2) is 22.4 Å². The molecule has 0 aliphatic heterocycles. The molecule has 0 fully saturated rings. The second-order valence-electron chi connectivity index (χ2n) is 3.02. The maximum atomic E-state index is 12.6. The quantitative estimate of drug-likeness (QED) is 0.470. The summed E-state index contributed by atoms with van der Waals surface area (Å²) >= 11 is 1.27. The van der Waals surface area contributed by atoms with Crippen LogP contribution in [0.2, 0.25) is 0 Å². The van der Waals surface area contributed by atoms with Gasteiger partial charge in [0, 0.05) is 0 Å². The summed E-state index contributed by atoms with van der Waals surface area (Å²) in [6.07, 6.45) is -10.8. The highest BCUT2D eigenvalue weighted by atomic mass is 127. The van der Waals surface area contributed by atoms with E-state index in [0.717, 1.165) is 0 Å². The molecule has 1 N–H and O–H groups in total. The lowest BCUT2D eigenvalue weighted by atomic mass is 10.1. The molecule has 0 spiro atoms. The van der Waals surface area contributed by atoms with Crippen molar-refractivity contribution in [2.75, 3.05) is 0 Å². The van der Waals surface area contributed by atoms with Gasteiger partial charge in [-0.2, -0.15) is 13.2 Å². The molecule has 1 aromatic heterocycles. The number of rotatable bonds is 2. The summed E-state index contributed by atoms with van der Waals surface area (Å²) in [5, 5.41) is 8.61. The van der Waals surface area contributed by atoms with Crippen LogP contribution in [0.3, 0.4) is 0 Å². The number of ether oxygens (including phenoxy) is 1. The van der Waals surface area contributed by atoms with E-state index in [1.165, 1.54) is 22.6 Å². The highest BCUT2D eigenvalue weighted by molar-refractivity contribution is 14.1. The summed E-state index contributed by atoms with van der Waals surface area (Å²) in [4.78, 5) is 13.6. The number of aromatic carboxylic acids is 1. The van der Waals surface area contributed by atoms with Crippen molar-refractivity contribution in [1.29, 1.82) is 0 Å². The predicted molar refractivity (Wildman–Crippen MR) is 55.6 cm³/mol. The molecule has 1 rings (SSSR count). The van der Waals surface area contributed by atoms with Gasteiger partial charge in [-0.15, -0.1) is 13.2 Å². The monoisotopic (exact) mass is 401 g/mol. The van der Waals surface area contributed by atoms with Crippen molar-refractivity contribution in [1.82, 2.24) is 4.98 Å². The molecule has 0 amide bonds. The maximum absolute atomic E-state index is 12.6. The van der Waals surface area contributed by atoms with E-state index in [-0.39, 0.29) is 3.70 Å². The normalized spacial score (nSPS) is 12.4. The van der Waals surface area contributed by atoms with Gasteiger partial charge in [-0.3, -0.25) is 0 Å². The van der Waals surface area contributed by atoms with Crippen LogP contribution in [0.5, 0.6) is 5.88 Å². The second-order valence-corrected chi connectivity index (χ2v) is 4.13. The summed E-state index contributed by atoms with van der Waals surface area (Å²) in [7, 11) is 0. The Morgan fingerprint density at radius 2 is 1.79 bits per heavy atom. The fourth-order valence-corrected chi connectivity index (χ4v) is 1.65. The summed E-state index contributed by atoms with van der Waals surface area (Å²) < 4.78 is 76.6. The van der Waals surface area contributed by atoms with E-state index in [1.807, 2.05) is 0 Å². The molecule has 1 heterocycles. The number of alkyl halides is 6. The van der Waals surface area contributed by atoms with Crippen molar-refractivity contribution >= 4 is 28.6 Å². The lowest BCUT2D eigenvalue weighted by Crippen LogP contribution is -2.23. The zero-order valence-electron chi connectivity index (χ0n) is 8.43. The minimum absolute atomic E-state index is 0.387. The molecule has 0 saturated heterocycles. The van der Waals surface area contributed by atoms with E-state index in [9.17, 15) is 31.1 Å². The molecule has 106 valence electrons. The molecule has 11 heteroatoms. The van der Waals surface area contributed by atoms with Crippen LogP contribution in [0, 0.1) is 3.70 Å². The molecule has 0 aromatic carbocycles. The van der Waals surface area contributed by atoms with Crippen LogP contribution in [0.25, 0.3) is 0 Å². The molecular weight excluding hydrogens is 399 g/mol. The average Bonchev–Trinajstić information content (AvgIpc) is 2.10. The van der Waals surface area contributed by atoms with Gasteiger partial charge in [0.05, 0.1) is 5.56 Å². The third kappa shape index (κ3) is 4.11. The number of aromatic nitrogens is 1. The van der Waals surface area contributed by atoms with Crippen molar-refractivity contribution in [3.8, 4) is 5.88 Å². The van der Waals surface area contributed by atoms with E-state index >= 15 is 0 Å². The molecule has 0 atom stereocenters. The van der Waals surface area contributed by atoms with Crippen molar-refractivity contribution < 1.29 is 41.0 Å². The van der Waals surface area contributed by atoms with Crippen LogP contribution in [0.15, 0.2) is 6.07 Å². The number of nitrogens with zero attached hydrogens (tertiary/aromatic N) is 1. The van der Waals surface area contributed by atoms with Gasteiger partial charge in [0.25, 0.3) is 0 Å². The second kappa shape index (κ2) is 5.02. The topological polar surface area (TPSA) is 59.4 Å². The smallest absolute Gasteiger partial charge is 0.478 e. The Morgan fingerprint density at radius 1 is 1.26 bits per heavy atom. The Kier molecular flexibility index (Phi) is 4.17. The van der Waals surface area contributed by atoms with Gasteiger partial charge in [-0.1, -0.05) is 0 Å². The summed E-state index contributed by atoms with van der Waals surface area (Å²) in [5.74, 6) is -3.89. The summed E-state index contributed by atoms with van der Waals surface area (Å²) in [6.45, 7) is 0. The lowest BCUT2D eigenvalue weighted by molar-refractivity contribution is -0.278. The van der Waals surface area contributed by atoms with Crippen LogP contribution in [0.4, 0.5) is 26.3 Å². The van der Waals surface area contributed by atoms with Crippen molar-refractivity contribution in [3.05, 3.63) is 20.9 Å². The number of carboxylic acid groups (broad SMARTS) is 1. The van der Waals surface area contributed by atoms with Crippen LogP contribution >= 0.6 is 22.6 Å². The first-order chi connectivity index (χ1) is 8.42. The Hall–Kier alpha value is -1.27. The third-order valence-electron chi connectivity index (χ3n) is 1.68. The van der Waals surface area contributed by atoms with Crippen molar-refractivity contribution in [2.24, 2.45) is 0 Å². The van der Waals surface area contributed by atoms with Gasteiger partial charge < -0.3 is 9.84 Å². The zero-order valence-corrected chi connectivity index (χ0v) is 10.6. The first kappa shape index (κ1) is 15.8. The fourth-order valence-electron chi connectivity index (χ4n) is 1.12. The number of hydrogen-bond acceptors (Lipinski definition) is 3. The van der Waals surface area contributed by atoms with Gasteiger partial charge in [-0.25, -0.2) is 9.78 Å². The van der Waals surface area contributed by atoms with E-state index < -0.39 is 35.5 Å². The highest BCUT2D eigenvalue weighted by Crippen LogP contribution is 2.40. The predicted octanol–water partition coefficient (Wildman–Crippen LogP) is 3.30. The highest BCUT2D eigenvalue weighted by Gasteiger charge is 2.44. The van der Waals surface area contributed by atoms with E-state index in [1.54, 1.807) is 0 Å². The molecule has 19 heavy (non-hydrogen) atoms. The van der Waals surface area contributed by atoms with E-state index in [4.69, 9.17) is 5.11 Å². The summed E-state index contributed by atoms with van der Waals surface area (Å²) in [6, 6.07) is 0.495. The standard InChI is InChI=1S/C8H2F6INO3/c9-7(10,11)4-2(6(17)18)1-3(15)16-5(4)19-8(12,13)14/h1H,(H,17,18). The number of halogens is 7. The van der Waals surface area contributed by atoms with E-state index in [0.29, 0.717) is 6.07 Å². The molecule has 0 unspecified atom stereocenters. The molecule has 0 bridgehead atoms. The Labute approximate surface area is 114 Å². The molecule has 0 aliphatic rings. The number of pyridine rings is 1. The first-order valence-electron chi connectivity index (χ1n) is 4.18. The molecule has 0 aliphatic carbocycles. The van der Waals surface area contributed by atoms with Crippen LogP contribution in [0.1, 0.15) is 15.9 Å². The van der Waals surface area contributed by atoms with Gasteiger partial charge in [0.2, 0.25) is 5.88 Å². The van der Waals surface area contributed by atoms with Crippen LogP contribution in [-0.2, 0) is 6.18 Å². The first-order valence-corrected chi connectivity index (χ1v) is 5.26. The minimum Gasteiger partial charge on any atom is -0.478 e. The van der Waals surface area contributed by atoms with Crippen LogP contribution < -0.4 is 4.74 Å². The van der Waals surface area contributed by atoms with Crippen molar-refractivity contribution in [3.63, 3.8) is 0 Å². The minimum atomic E-state index is -5.42.